The molecule has 0 heterocycles. The van der Waals surface area contributed by atoms with Crippen molar-refractivity contribution < 1.29 is 19.5 Å². The van der Waals surface area contributed by atoms with E-state index in [1.807, 2.05) is 30.3 Å². The highest BCUT2D eigenvalue weighted by Crippen LogP contribution is 2.07. The monoisotopic (exact) mass is 305 g/mol. The van der Waals surface area contributed by atoms with Crippen LogP contribution in [0.15, 0.2) is 30.3 Å². The lowest BCUT2D eigenvalue weighted by Crippen LogP contribution is -2.46. The lowest BCUT2D eigenvalue weighted by molar-refractivity contribution is -0.145. The van der Waals surface area contributed by atoms with Crippen molar-refractivity contribution in [1.82, 2.24) is 5.32 Å². The molecule has 120 valence electrons. The van der Waals surface area contributed by atoms with Crippen molar-refractivity contribution in [3.8, 4) is 0 Å². The van der Waals surface area contributed by atoms with E-state index in [0.717, 1.165) is 12.8 Å². The van der Waals surface area contributed by atoms with E-state index in [-0.39, 0.29) is 12.3 Å². The summed E-state index contributed by atoms with van der Waals surface area (Å²) in [6.07, 6.45) is 2.43. The number of hydrogen-bond donors (Lipinski definition) is 2. The number of nitrogens with one attached hydrogen (secondary N) is 1. The summed E-state index contributed by atoms with van der Waals surface area (Å²) < 4.78 is 0. The molecule has 0 radical (unpaired) electrons. The fourth-order valence-electron chi connectivity index (χ4n) is 2.11. The number of rotatable bonds is 9. The second-order valence-electron chi connectivity index (χ2n) is 5.65. The number of ketones is 1. The maximum absolute atomic E-state index is 11.7. The van der Waals surface area contributed by atoms with E-state index in [1.54, 1.807) is 13.8 Å². The molecule has 0 aliphatic heterocycles. The Morgan fingerprint density at radius 1 is 1.09 bits per heavy atom. The molecule has 1 aromatic rings. The first-order valence-electron chi connectivity index (χ1n) is 7.52. The van der Waals surface area contributed by atoms with E-state index in [9.17, 15) is 14.4 Å². The second kappa shape index (κ2) is 8.97. The molecule has 0 fully saturated rings. The minimum Gasteiger partial charge on any atom is -0.480 e. The molecule has 0 saturated carbocycles. The summed E-state index contributed by atoms with van der Waals surface area (Å²) in [5.74, 6) is -2.76. The van der Waals surface area contributed by atoms with Gasteiger partial charge >= 0.3 is 5.97 Å². The van der Waals surface area contributed by atoms with Gasteiger partial charge in [0.25, 0.3) is 5.91 Å². The number of carbonyl (C=O) groups is 3. The Balaban J connectivity index is 2.32. The van der Waals surface area contributed by atoms with Crippen LogP contribution < -0.4 is 5.32 Å². The Bertz CT molecular complexity index is 511. The molecular weight excluding hydrogens is 282 g/mol. The first kappa shape index (κ1) is 17.9. The van der Waals surface area contributed by atoms with E-state index in [0.29, 0.717) is 6.42 Å². The molecule has 1 rings (SSSR count). The van der Waals surface area contributed by atoms with Gasteiger partial charge in [0.2, 0.25) is 5.78 Å². The zero-order chi connectivity index (χ0) is 16.5. The topological polar surface area (TPSA) is 83.5 Å². The number of carboxylic acid groups (broad SMARTS) is 1. The summed E-state index contributed by atoms with van der Waals surface area (Å²) in [5.41, 5.74) is 1.20. The molecule has 5 nitrogen and oxygen atoms in total. The summed E-state index contributed by atoms with van der Waals surface area (Å²) >= 11 is 0. The van der Waals surface area contributed by atoms with Gasteiger partial charge in [-0.2, -0.15) is 0 Å². The normalized spacial score (nSPS) is 12.0. The van der Waals surface area contributed by atoms with E-state index in [1.165, 1.54) is 5.56 Å². The Morgan fingerprint density at radius 3 is 2.27 bits per heavy atom. The standard InChI is InChI=1S/C17H23NO4/c1-12(2)15(17(21)22)18-16(20)14(19)11-7-6-10-13-8-4-3-5-9-13/h3-5,8-9,12,15H,6-7,10-11H2,1-2H3,(H,18,20)(H,21,22)/t15-/m0/s1. The SMILES string of the molecule is CC(C)[C@H](NC(=O)C(=O)CCCCc1ccccc1)C(=O)O. The average Bonchev–Trinajstić information content (AvgIpc) is 2.49. The van der Waals surface area contributed by atoms with Crippen molar-refractivity contribution in [1.29, 1.82) is 0 Å². The number of carbonyl (C=O) groups excluding carboxylic acids is 2. The molecule has 0 bridgehead atoms. The first-order valence-corrected chi connectivity index (χ1v) is 7.52. The van der Waals surface area contributed by atoms with Gasteiger partial charge in [0.05, 0.1) is 0 Å². The Kier molecular flexibility index (Phi) is 7.29. The van der Waals surface area contributed by atoms with E-state index < -0.39 is 23.7 Å². The lowest BCUT2D eigenvalue weighted by atomic mass is 10.0. The van der Waals surface area contributed by atoms with Gasteiger partial charge in [0.15, 0.2) is 0 Å². The molecule has 1 atom stereocenters. The highest BCUT2D eigenvalue weighted by molar-refractivity contribution is 6.36. The maximum atomic E-state index is 11.7. The molecule has 0 aliphatic carbocycles. The number of carboxylic acids is 1. The summed E-state index contributed by atoms with van der Waals surface area (Å²) in [5, 5.41) is 11.3. The number of amides is 1. The van der Waals surface area contributed by atoms with Crippen LogP contribution in [0, 0.1) is 5.92 Å². The average molecular weight is 305 g/mol. The van der Waals surface area contributed by atoms with Gasteiger partial charge in [0, 0.05) is 6.42 Å². The Hall–Kier alpha value is -2.17. The van der Waals surface area contributed by atoms with Crippen molar-refractivity contribution in [2.75, 3.05) is 0 Å². The van der Waals surface area contributed by atoms with Crippen LogP contribution in [0.3, 0.4) is 0 Å². The number of unbranched alkanes of at least 4 members (excludes halogenated alkanes) is 1. The third kappa shape index (κ3) is 6.08. The summed E-state index contributed by atoms with van der Waals surface area (Å²) in [4.78, 5) is 34.4. The minimum atomic E-state index is -1.12. The number of aryl methyl sites for hydroxylation is 1. The number of hydrogen-bond acceptors (Lipinski definition) is 3. The molecular formula is C17H23NO4. The molecule has 0 aliphatic rings. The van der Waals surface area contributed by atoms with Gasteiger partial charge in [-0.1, -0.05) is 44.2 Å². The smallest absolute Gasteiger partial charge is 0.326 e. The fraction of sp³-hybridized carbons (Fsp3) is 0.471. The maximum Gasteiger partial charge on any atom is 0.326 e. The molecule has 2 N–H and O–H groups in total. The molecule has 22 heavy (non-hydrogen) atoms. The largest absolute Gasteiger partial charge is 0.480 e. The molecule has 0 saturated heterocycles. The zero-order valence-electron chi connectivity index (χ0n) is 13.0. The van der Waals surface area contributed by atoms with Crippen molar-refractivity contribution in [2.24, 2.45) is 5.92 Å². The van der Waals surface area contributed by atoms with E-state index in [4.69, 9.17) is 5.11 Å². The van der Waals surface area contributed by atoms with E-state index in [2.05, 4.69) is 5.32 Å². The van der Waals surface area contributed by atoms with Gasteiger partial charge in [-0.25, -0.2) is 4.79 Å². The summed E-state index contributed by atoms with van der Waals surface area (Å²) in [6, 6.07) is 8.90. The van der Waals surface area contributed by atoms with Crippen LogP contribution in [0.2, 0.25) is 0 Å². The minimum absolute atomic E-state index is 0.142. The highest BCUT2D eigenvalue weighted by Gasteiger charge is 2.25. The second-order valence-corrected chi connectivity index (χ2v) is 5.65. The Morgan fingerprint density at radius 2 is 1.73 bits per heavy atom. The third-order valence-corrected chi connectivity index (χ3v) is 3.43. The summed E-state index contributed by atoms with van der Waals surface area (Å²) in [7, 11) is 0. The van der Waals surface area contributed by atoms with Crippen LogP contribution in [0.4, 0.5) is 0 Å². The van der Waals surface area contributed by atoms with Crippen LogP contribution in [-0.4, -0.2) is 28.8 Å². The number of benzene rings is 1. The van der Waals surface area contributed by atoms with Crippen molar-refractivity contribution >= 4 is 17.7 Å². The van der Waals surface area contributed by atoms with Gasteiger partial charge < -0.3 is 10.4 Å². The molecule has 5 heteroatoms. The zero-order valence-corrected chi connectivity index (χ0v) is 13.0. The quantitative estimate of drug-likeness (QED) is 0.541. The van der Waals surface area contributed by atoms with Crippen LogP contribution in [0.1, 0.15) is 38.7 Å². The van der Waals surface area contributed by atoms with Crippen LogP contribution in [0.5, 0.6) is 0 Å². The van der Waals surface area contributed by atoms with E-state index >= 15 is 0 Å². The van der Waals surface area contributed by atoms with Gasteiger partial charge in [-0.15, -0.1) is 0 Å². The molecule has 0 spiro atoms. The van der Waals surface area contributed by atoms with Crippen LogP contribution in [0.25, 0.3) is 0 Å². The number of Topliss-reactive ketones (excluding diaryl/α,β-unsaturated/α-hetero) is 1. The highest BCUT2D eigenvalue weighted by atomic mass is 16.4. The van der Waals surface area contributed by atoms with Gasteiger partial charge in [-0.05, 0) is 30.7 Å². The lowest BCUT2D eigenvalue weighted by Gasteiger charge is -2.17. The molecule has 0 aromatic heterocycles. The van der Waals surface area contributed by atoms with Crippen molar-refractivity contribution in [3.05, 3.63) is 35.9 Å². The molecule has 1 aromatic carbocycles. The van der Waals surface area contributed by atoms with Crippen molar-refractivity contribution in [3.63, 3.8) is 0 Å². The van der Waals surface area contributed by atoms with Crippen molar-refractivity contribution in [2.45, 2.75) is 45.6 Å². The number of aliphatic carboxylic acids is 1. The summed E-state index contributed by atoms with van der Waals surface area (Å²) in [6.45, 7) is 3.37. The third-order valence-electron chi connectivity index (χ3n) is 3.43. The fourth-order valence-corrected chi connectivity index (χ4v) is 2.11. The Labute approximate surface area is 130 Å². The van der Waals surface area contributed by atoms with Crippen LogP contribution >= 0.6 is 0 Å². The van der Waals surface area contributed by atoms with Gasteiger partial charge in [0.1, 0.15) is 6.04 Å². The molecule has 0 unspecified atom stereocenters. The van der Waals surface area contributed by atoms with Crippen LogP contribution in [-0.2, 0) is 20.8 Å². The predicted molar refractivity (Wildman–Crippen MR) is 83.4 cm³/mol. The predicted octanol–water partition coefficient (Wildman–Crippen LogP) is 2.19. The van der Waals surface area contributed by atoms with Gasteiger partial charge in [-0.3, -0.25) is 9.59 Å². The first-order chi connectivity index (χ1) is 10.4. The molecule has 1 amide bonds.